The maximum absolute atomic E-state index is 12.4. The summed E-state index contributed by atoms with van der Waals surface area (Å²) in [5.74, 6) is 0. The molecule has 0 unspecified atom stereocenters. The monoisotopic (exact) mass is 260 g/mol. The number of nitrogens with one attached hydrogen (secondary N) is 2. The molecule has 96 valence electrons. The summed E-state index contributed by atoms with van der Waals surface area (Å²) in [5, 5.41) is 4.00. The standard InChI is InChI=1S/C9H7F3N4O2/c10-9(11,12)4-1-2-6(5(13)3-4)16-7(17)14-15-8(16)18/h1-3H,13H2,(H,14,17)(H,15,18). The van der Waals surface area contributed by atoms with Gasteiger partial charge in [-0.2, -0.15) is 13.2 Å². The molecule has 0 bridgehead atoms. The van der Waals surface area contributed by atoms with Gasteiger partial charge in [-0.15, -0.1) is 0 Å². The second-order valence-electron chi connectivity index (χ2n) is 3.47. The quantitative estimate of drug-likeness (QED) is 0.649. The number of rotatable bonds is 1. The van der Waals surface area contributed by atoms with Crippen LogP contribution in [-0.2, 0) is 6.18 Å². The highest BCUT2D eigenvalue weighted by molar-refractivity contribution is 5.59. The Hall–Kier alpha value is -2.45. The Bertz CT molecular complexity index is 667. The van der Waals surface area contributed by atoms with Gasteiger partial charge in [-0.05, 0) is 18.2 Å². The third-order valence-electron chi connectivity index (χ3n) is 2.28. The molecule has 4 N–H and O–H groups in total. The van der Waals surface area contributed by atoms with E-state index in [1.807, 2.05) is 10.2 Å². The van der Waals surface area contributed by atoms with Gasteiger partial charge in [0.05, 0.1) is 16.9 Å². The van der Waals surface area contributed by atoms with Crippen molar-refractivity contribution in [1.82, 2.24) is 14.8 Å². The van der Waals surface area contributed by atoms with Crippen molar-refractivity contribution in [2.75, 3.05) is 5.73 Å². The Balaban J connectivity index is 2.63. The number of aromatic nitrogens is 3. The Labute approximate surface area is 96.8 Å². The van der Waals surface area contributed by atoms with Gasteiger partial charge in [0.2, 0.25) is 0 Å². The molecule has 1 aromatic carbocycles. The minimum Gasteiger partial charge on any atom is -0.397 e. The first-order chi connectivity index (χ1) is 8.30. The molecule has 2 rings (SSSR count). The van der Waals surface area contributed by atoms with Crippen LogP contribution in [0.2, 0.25) is 0 Å². The lowest BCUT2D eigenvalue weighted by Gasteiger charge is -2.09. The summed E-state index contributed by atoms with van der Waals surface area (Å²) in [5.41, 5.74) is 2.40. The molecule has 0 radical (unpaired) electrons. The molecule has 1 heterocycles. The molecule has 9 heteroatoms. The minimum absolute atomic E-state index is 0.115. The van der Waals surface area contributed by atoms with Crippen molar-refractivity contribution in [1.29, 1.82) is 0 Å². The molecule has 6 nitrogen and oxygen atoms in total. The molecule has 0 spiro atoms. The van der Waals surface area contributed by atoms with E-state index in [1.165, 1.54) is 0 Å². The van der Waals surface area contributed by atoms with Gasteiger partial charge in [0.1, 0.15) is 0 Å². The lowest BCUT2D eigenvalue weighted by molar-refractivity contribution is -0.137. The smallest absolute Gasteiger partial charge is 0.397 e. The Morgan fingerprint density at radius 3 is 2.11 bits per heavy atom. The SMILES string of the molecule is Nc1cc(C(F)(F)F)ccc1-n1c(=O)[nH][nH]c1=O. The van der Waals surface area contributed by atoms with E-state index < -0.39 is 23.1 Å². The van der Waals surface area contributed by atoms with Crippen LogP contribution in [0.4, 0.5) is 18.9 Å². The summed E-state index contributed by atoms with van der Waals surface area (Å²) in [6, 6.07) is 2.36. The third-order valence-corrected chi connectivity index (χ3v) is 2.28. The molecule has 0 amide bonds. The van der Waals surface area contributed by atoms with Crippen LogP contribution >= 0.6 is 0 Å². The Morgan fingerprint density at radius 2 is 1.67 bits per heavy atom. The second-order valence-corrected chi connectivity index (χ2v) is 3.47. The number of aromatic amines is 2. The normalized spacial score (nSPS) is 11.7. The average Bonchev–Trinajstić information content (AvgIpc) is 2.58. The van der Waals surface area contributed by atoms with Crippen LogP contribution in [0.5, 0.6) is 0 Å². The Kier molecular flexibility index (Phi) is 2.53. The largest absolute Gasteiger partial charge is 0.416 e. The number of hydrogen-bond acceptors (Lipinski definition) is 3. The van der Waals surface area contributed by atoms with Gasteiger partial charge in [0.25, 0.3) is 0 Å². The zero-order chi connectivity index (χ0) is 13.5. The number of nitrogen functional groups attached to an aromatic ring is 1. The number of benzene rings is 1. The lowest BCUT2D eigenvalue weighted by atomic mass is 10.1. The molecular formula is C9H7F3N4O2. The number of halogens is 3. The first-order valence-corrected chi connectivity index (χ1v) is 4.67. The number of nitrogens with zero attached hydrogens (tertiary/aromatic N) is 1. The molecule has 0 saturated heterocycles. The topological polar surface area (TPSA) is 96.7 Å². The highest BCUT2D eigenvalue weighted by Gasteiger charge is 2.31. The van der Waals surface area contributed by atoms with E-state index in [1.54, 1.807) is 0 Å². The van der Waals surface area contributed by atoms with Gasteiger partial charge < -0.3 is 5.73 Å². The summed E-state index contributed by atoms with van der Waals surface area (Å²) in [7, 11) is 0. The first kappa shape index (κ1) is 12.0. The van der Waals surface area contributed by atoms with Crippen molar-refractivity contribution in [3.63, 3.8) is 0 Å². The van der Waals surface area contributed by atoms with E-state index in [2.05, 4.69) is 0 Å². The van der Waals surface area contributed by atoms with Crippen molar-refractivity contribution in [2.24, 2.45) is 0 Å². The molecule has 0 atom stereocenters. The summed E-state index contributed by atoms with van der Waals surface area (Å²) in [6.07, 6.45) is -4.54. The van der Waals surface area contributed by atoms with Gasteiger partial charge in [-0.25, -0.2) is 24.4 Å². The zero-order valence-corrected chi connectivity index (χ0v) is 8.71. The molecular weight excluding hydrogens is 253 g/mol. The van der Waals surface area contributed by atoms with Crippen LogP contribution in [0.25, 0.3) is 5.69 Å². The van der Waals surface area contributed by atoms with Crippen LogP contribution in [0.1, 0.15) is 5.56 Å². The van der Waals surface area contributed by atoms with E-state index in [0.29, 0.717) is 10.6 Å². The zero-order valence-electron chi connectivity index (χ0n) is 8.71. The highest BCUT2D eigenvalue weighted by atomic mass is 19.4. The highest BCUT2D eigenvalue weighted by Crippen LogP contribution is 2.31. The minimum atomic E-state index is -4.54. The summed E-state index contributed by atoms with van der Waals surface area (Å²) < 4.78 is 37.8. The number of H-pyrrole nitrogens is 2. The van der Waals surface area contributed by atoms with Crippen LogP contribution in [0.15, 0.2) is 27.8 Å². The maximum Gasteiger partial charge on any atom is 0.416 e. The summed E-state index contributed by atoms with van der Waals surface area (Å²) in [6.45, 7) is 0. The molecule has 0 saturated carbocycles. The van der Waals surface area contributed by atoms with E-state index in [0.717, 1.165) is 12.1 Å². The van der Waals surface area contributed by atoms with Crippen molar-refractivity contribution in [2.45, 2.75) is 6.18 Å². The number of alkyl halides is 3. The van der Waals surface area contributed by atoms with Crippen molar-refractivity contribution < 1.29 is 13.2 Å². The number of hydrogen-bond donors (Lipinski definition) is 3. The van der Waals surface area contributed by atoms with E-state index in [4.69, 9.17) is 5.73 Å². The van der Waals surface area contributed by atoms with Crippen LogP contribution in [-0.4, -0.2) is 14.8 Å². The van der Waals surface area contributed by atoms with Gasteiger partial charge in [0.15, 0.2) is 0 Å². The van der Waals surface area contributed by atoms with Crippen molar-refractivity contribution in [3.8, 4) is 5.69 Å². The third kappa shape index (κ3) is 1.90. The lowest BCUT2D eigenvalue weighted by Crippen LogP contribution is -2.25. The van der Waals surface area contributed by atoms with Gasteiger partial charge >= 0.3 is 17.6 Å². The predicted molar refractivity (Wildman–Crippen MR) is 56.4 cm³/mol. The molecule has 0 fully saturated rings. The first-order valence-electron chi connectivity index (χ1n) is 4.67. The van der Waals surface area contributed by atoms with Gasteiger partial charge in [-0.1, -0.05) is 0 Å². The maximum atomic E-state index is 12.4. The van der Waals surface area contributed by atoms with Gasteiger partial charge in [-0.3, -0.25) is 0 Å². The fourth-order valence-corrected chi connectivity index (χ4v) is 1.46. The fraction of sp³-hybridized carbons (Fsp3) is 0.111. The molecule has 0 aliphatic heterocycles. The van der Waals surface area contributed by atoms with E-state index in [-0.39, 0.29) is 11.4 Å². The molecule has 1 aromatic heterocycles. The van der Waals surface area contributed by atoms with E-state index in [9.17, 15) is 22.8 Å². The Morgan fingerprint density at radius 1 is 1.11 bits per heavy atom. The fourth-order valence-electron chi connectivity index (χ4n) is 1.46. The van der Waals surface area contributed by atoms with Crippen LogP contribution in [0.3, 0.4) is 0 Å². The van der Waals surface area contributed by atoms with Crippen LogP contribution < -0.4 is 17.1 Å². The van der Waals surface area contributed by atoms with E-state index >= 15 is 0 Å². The molecule has 0 aliphatic rings. The second kappa shape index (κ2) is 3.79. The van der Waals surface area contributed by atoms with Crippen LogP contribution in [0, 0.1) is 0 Å². The van der Waals surface area contributed by atoms with Crippen molar-refractivity contribution in [3.05, 3.63) is 44.7 Å². The molecule has 18 heavy (non-hydrogen) atoms. The number of nitrogens with two attached hydrogens (primary N) is 1. The molecule has 0 aliphatic carbocycles. The predicted octanol–water partition coefficient (Wildman–Crippen LogP) is 0.455. The molecule has 2 aromatic rings. The van der Waals surface area contributed by atoms with Crippen molar-refractivity contribution >= 4 is 5.69 Å². The van der Waals surface area contributed by atoms with Gasteiger partial charge in [0, 0.05) is 0 Å². The summed E-state index contributed by atoms with van der Waals surface area (Å²) in [4.78, 5) is 22.5. The number of anilines is 1. The summed E-state index contributed by atoms with van der Waals surface area (Å²) >= 11 is 0. The average molecular weight is 260 g/mol.